The molecule has 4 aromatic rings. The van der Waals surface area contributed by atoms with Crippen molar-refractivity contribution in [2.45, 2.75) is 40.3 Å². The van der Waals surface area contributed by atoms with E-state index in [1.54, 1.807) is 30.0 Å². The van der Waals surface area contributed by atoms with Crippen LogP contribution in [0.1, 0.15) is 16.7 Å². The third kappa shape index (κ3) is 7.96. The maximum absolute atomic E-state index is 7.23. The third-order valence-corrected chi connectivity index (χ3v) is 8.97. The minimum absolute atomic E-state index is 0.203. The van der Waals surface area contributed by atoms with Crippen LogP contribution in [0.5, 0.6) is 0 Å². The molecule has 1 fully saturated rings. The molecule has 5 atom stereocenters. The van der Waals surface area contributed by atoms with Crippen LogP contribution >= 0.6 is 11.8 Å². The van der Waals surface area contributed by atoms with Crippen LogP contribution in [0.2, 0.25) is 0 Å². The van der Waals surface area contributed by atoms with Crippen molar-refractivity contribution in [3.63, 3.8) is 0 Å². The summed E-state index contributed by atoms with van der Waals surface area (Å²) in [5.41, 5.74) is 1.68. The second-order valence-corrected chi connectivity index (χ2v) is 12.0. The molecule has 6 heteroatoms. The van der Waals surface area contributed by atoms with Gasteiger partial charge in [-0.3, -0.25) is 0 Å². The fourth-order valence-corrected chi connectivity index (χ4v) is 6.97. The highest BCUT2D eigenvalue weighted by Gasteiger charge is 2.50. The SMILES string of the molecule is C=CCO[C@@H]1[C@H](OCC=C)[C@H](COC(c2ccccc2)(c2ccccc2)c2ccccc2)O[C@H](Sc2ccccc2)[C@H]1OCC=C. The Labute approximate surface area is 277 Å². The third-order valence-electron chi connectivity index (χ3n) is 7.81. The van der Waals surface area contributed by atoms with E-state index >= 15 is 0 Å². The van der Waals surface area contributed by atoms with Crippen LogP contribution in [0.15, 0.2) is 164 Å². The number of ether oxygens (including phenoxy) is 5. The number of rotatable bonds is 17. The molecule has 0 amide bonds. The van der Waals surface area contributed by atoms with Gasteiger partial charge in [-0.25, -0.2) is 0 Å². The summed E-state index contributed by atoms with van der Waals surface area (Å²) in [4.78, 5) is 1.06. The van der Waals surface area contributed by atoms with Crippen LogP contribution in [0.4, 0.5) is 0 Å². The molecule has 4 aromatic carbocycles. The fourth-order valence-electron chi connectivity index (χ4n) is 5.82. The predicted molar refractivity (Wildman–Crippen MR) is 186 cm³/mol. The minimum Gasteiger partial charge on any atom is -0.369 e. The zero-order chi connectivity index (χ0) is 32.0. The normalized spacial score (nSPS) is 21.3. The van der Waals surface area contributed by atoms with Crippen LogP contribution in [-0.4, -0.2) is 56.3 Å². The van der Waals surface area contributed by atoms with E-state index in [-0.39, 0.29) is 6.61 Å². The van der Waals surface area contributed by atoms with Crippen molar-refractivity contribution in [2.75, 3.05) is 26.4 Å². The highest BCUT2D eigenvalue weighted by molar-refractivity contribution is 7.99. The first-order valence-electron chi connectivity index (χ1n) is 15.6. The molecule has 0 aromatic heterocycles. The van der Waals surface area contributed by atoms with Gasteiger partial charge in [-0.2, -0.15) is 0 Å². The highest BCUT2D eigenvalue weighted by atomic mass is 32.2. The molecule has 238 valence electrons. The predicted octanol–water partition coefficient (Wildman–Crippen LogP) is 8.23. The number of thioether (sulfide) groups is 1. The molecule has 0 aliphatic carbocycles. The molecule has 0 bridgehead atoms. The Morgan fingerprint density at radius 2 is 0.978 bits per heavy atom. The monoisotopic (exact) mass is 634 g/mol. The molecule has 0 radical (unpaired) electrons. The van der Waals surface area contributed by atoms with Gasteiger partial charge in [0, 0.05) is 4.90 Å². The Bertz CT molecular complexity index is 1380. The van der Waals surface area contributed by atoms with Crippen LogP contribution < -0.4 is 0 Å². The lowest BCUT2D eigenvalue weighted by Crippen LogP contribution is -2.61. The summed E-state index contributed by atoms with van der Waals surface area (Å²) >= 11 is 1.59. The van der Waals surface area contributed by atoms with E-state index in [4.69, 9.17) is 23.7 Å². The maximum atomic E-state index is 7.23. The van der Waals surface area contributed by atoms with E-state index in [0.717, 1.165) is 21.6 Å². The van der Waals surface area contributed by atoms with Crippen molar-refractivity contribution in [3.8, 4) is 0 Å². The molecule has 1 saturated heterocycles. The Morgan fingerprint density at radius 1 is 0.565 bits per heavy atom. The van der Waals surface area contributed by atoms with Crippen LogP contribution in [0.3, 0.4) is 0 Å². The van der Waals surface area contributed by atoms with Crippen LogP contribution in [0.25, 0.3) is 0 Å². The largest absolute Gasteiger partial charge is 0.369 e. The highest BCUT2D eigenvalue weighted by Crippen LogP contribution is 2.42. The van der Waals surface area contributed by atoms with Gasteiger partial charge in [0.05, 0.1) is 26.4 Å². The van der Waals surface area contributed by atoms with Gasteiger partial charge in [-0.15, -0.1) is 19.7 Å². The van der Waals surface area contributed by atoms with E-state index in [9.17, 15) is 0 Å². The molecular formula is C40H42O5S. The Hall–Kier alpha value is -3.75. The fraction of sp³-hybridized carbons (Fsp3) is 0.250. The Balaban J connectivity index is 1.58. The lowest BCUT2D eigenvalue weighted by atomic mass is 9.80. The van der Waals surface area contributed by atoms with Gasteiger partial charge in [0.25, 0.3) is 0 Å². The summed E-state index contributed by atoms with van der Waals surface area (Å²) in [6.07, 6.45) is 3.21. The molecule has 5 rings (SSSR count). The number of benzene rings is 4. The molecule has 0 saturated carbocycles. The molecule has 46 heavy (non-hydrogen) atoms. The van der Waals surface area contributed by atoms with Crippen molar-refractivity contribution >= 4 is 11.8 Å². The quantitative estimate of drug-likeness (QED) is 0.0862. The second kappa shape index (κ2) is 17.2. The van der Waals surface area contributed by atoms with Gasteiger partial charge in [0.15, 0.2) is 0 Å². The first kappa shape index (κ1) is 33.6. The molecule has 0 N–H and O–H groups in total. The summed E-state index contributed by atoms with van der Waals surface area (Å²) in [7, 11) is 0. The van der Waals surface area contributed by atoms with Gasteiger partial charge in [0.1, 0.15) is 35.5 Å². The standard InChI is InChI=1S/C40H42O5S/c1-4-27-41-36-35(45-39(46-34-25-17-10-18-26-34)38(43-29-6-3)37(36)42-28-5-2)30-44-40(31-19-11-7-12-20-31,32-21-13-8-14-22-32)33-23-15-9-16-24-33/h4-26,35-39H,1-3,27-30H2/t35-,36+,37+,38-,39+/m0/s1. The molecule has 1 heterocycles. The molecule has 0 spiro atoms. The smallest absolute Gasteiger partial charge is 0.143 e. The molecule has 1 aliphatic heterocycles. The Morgan fingerprint density at radius 3 is 1.43 bits per heavy atom. The van der Waals surface area contributed by atoms with E-state index in [0.29, 0.717) is 19.8 Å². The van der Waals surface area contributed by atoms with Crippen molar-refractivity contribution < 1.29 is 23.7 Å². The lowest BCUT2D eigenvalue weighted by molar-refractivity contribution is -0.245. The van der Waals surface area contributed by atoms with E-state index in [1.165, 1.54) is 0 Å². The van der Waals surface area contributed by atoms with Crippen LogP contribution in [-0.2, 0) is 29.3 Å². The molecule has 0 unspecified atom stereocenters. The summed E-state index contributed by atoms with van der Waals surface area (Å²) in [5.74, 6) is 0. The second-order valence-electron chi connectivity index (χ2n) is 10.8. The summed E-state index contributed by atoms with van der Waals surface area (Å²) < 4.78 is 33.4. The average molecular weight is 635 g/mol. The van der Waals surface area contributed by atoms with E-state index < -0.39 is 35.5 Å². The van der Waals surface area contributed by atoms with E-state index in [2.05, 4.69) is 68.3 Å². The van der Waals surface area contributed by atoms with Crippen molar-refractivity contribution in [3.05, 3.63) is 176 Å². The van der Waals surface area contributed by atoms with Gasteiger partial charge in [-0.05, 0) is 28.8 Å². The zero-order valence-corrected chi connectivity index (χ0v) is 26.9. The average Bonchev–Trinajstić information content (AvgIpc) is 3.12. The summed E-state index contributed by atoms with van der Waals surface area (Å²) in [6, 6.07) is 41.1. The number of hydrogen-bond donors (Lipinski definition) is 0. The Kier molecular flexibility index (Phi) is 12.6. The van der Waals surface area contributed by atoms with Crippen molar-refractivity contribution in [2.24, 2.45) is 0 Å². The van der Waals surface area contributed by atoms with Crippen molar-refractivity contribution in [1.82, 2.24) is 0 Å². The minimum atomic E-state index is -0.925. The van der Waals surface area contributed by atoms with Gasteiger partial charge in [0.2, 0.25) is 0 Å². The molecule has 1 aliphatic rings. The van der Waals surface area contributed by atoms with Crippen LogP contribution in [0, 0.1) is 0 Å². The summed E-state index contributed by atoms with van der Waals surface area (Å²) in [5, 5.41) is 0. The van der Waals surface area contributed by atoms with Crippen molar-refractivity contribution in [1.29, 1.82) is 0 Å². The van der Waals surface area contributed by atoms with Gasteiger partial charge >= 0.3 is 0 Å². The first-order valence-corrected chi connectivity index (χ1v) is 16.4. The van der Waals surface area contributed by atoms with Gasteiger partial charge in [-0.1, -0.05) is 139 Å². The number of hydrogen-bond acceptors (Lipinski definition) is 6. The molecule has 5 nitrogen and oxygen atoms in total. The summed E-state index contributed by atoms with van der Waals surface area (Å²) in [6.45, 7) is 12.8. The first-order chi connectivity index (χ1) is 22.7. The maximum Gasteiger partial charge on any atom is 0.143 e. The molecular weight excluding hydrogens is 593 g/mol. The van der Waals surface area contributed by atoms with E-state index in [1.807, 2.05) is 72.8 Å². The zero-order valence-electron chi connectivity index (χ0n) is 26.1. The van der Waals surface area contributed by atoms with Gasteiger partial charge < -0.3 is 23.7 Å². The topological polar surface area (TPSA) is 46.2 Å². The lowest BCUT2D eigenvalue weighted by Gasteiger charge is -2.47.